The molecule has 1 N–H and O–H groups in total. The number of aromatic nitrogens is 3. The number of pyridine rings is 1. The van der Waals surface area contributed by atoms with Crippen LogP contribution in [0.2, 0.25) is 10.2 Å². The Kier molecular flexibility index (Phi) is 5.24. The monoisotopic (exact) mass is 408 g/mol. The van der Waals surface area contributed by atoms with Crippen molar-refractivity contribution in [1.82, 2.24) is 15.0 Å². The summed E-state index contributed by atoms with van der Waals surface area (Å²) in [4.78, 5) is 12.4. The van der Waals surface area contributed by atoms with Crippen molar-refractivity contribution in [3.8, 4) is 5.75 Å². The third kappa shape index (κ3) is 4.05. The highest BCUT2D eigenvalue weighted by atomic mass is 35.5. The summed E-state index contributed by atoms with van der Waals surface area (Å²) in [5, 5.41) is 3.48. The Hall–Kier alpha value is -2.22. The zero-order chi connectivity index (χ0) is 18.8. The Labute approximate surface area is 164 Å². The molecule has 1 unspecified atom stereocenters. The summed E-state index contributed by atoms with van der Waals surface area (Å²) >= 11 is 12.2. The summed E-state index contributed by atoms with van der Waals surface area (Å²) in [5.41, 5.74) is 1.17. The van der Waals surface area contributed by atoms with Gasteiger partial charge < -0.3 is 14.8 Å². The number of halogens is 3. The molecule has 1 saturated heterocycles. The molecule has 140 valence electrons. The second-order valence-corrected chi connectivity index (χ2v) is 6.95. The second-order valence-electron chi connectivity index (χ2n) is 6.15. The zero-order valence-electron chi connectivity index (χ0n) is 14.1. The van der Waals surface area contributed by atoms with Crippen LogP contribution in [-0.2, 0) is 4.74 Å². The highest BCUT2D eigenvalue weighted by molar-refractivity contribution is 6.32. The number of benzene rings is 1. The van der Waals surface area contributed by atoms with E-state index < -0.39 is 5.82 Å². The van der Waals surface area contributed by atoms with Crippen LogP contribution >= 0.6 is 23.2 Å². The molecule has 3 heterocycles. The molecule has 0 bridgehead atoms. The molecule has 0 radical (unpaired) electrons. The molecule has 1 aliphatic heterocycles. The number of ether oxygens (including phenoxy) is 2. The molecule has 1 atom stereocenters. The third-order valence-corrected chi connectivity index (χ3v) is 4.73. The second kappa shape index (κ2) is 7.80. The van der Waals surface area contributed by atoms with Gasteiger partial charge in [-0.2, -0.15) is 0 Å². The van der Waals surface area contributed by atoms with Crippen molar-refractivity contribution in [2.24, 2.45) is 5.92 Å². The Bertz CT molecular complexity index is 983. The predicted octanol–water partition coefficient (Wildman–Crippen LogP) is 4.63. The Balaban J connectivity index is 1.57. The van der Waals surface area contributed by atoms with Crippen molar-refractivity contribution in [1.29, 1.82) is 0 Å². The molecule has 6 nitrogen and oxygen atoms in total. The van der Waals surface area contributed by atoms with Crippen molar-refractivity contribution >= 4 is 45.7 Å². The van der Waals surface area contributed by atoms with Gasteiger partial charge in [0.1, 0.15) is 28.6 Å². The van der Waals surface area contributed by atoms with Crippen molar-refractivity contribution in [2.45, 2.75) is 6.42 Å². The third-order valence-electron chi connectivity index (χ3n) is 4.22. The largest absolute Gasteiger partial charge is 0.492 e. The first-order valence-electron chi connectivity index (χ1n) is 8.34. The number of nitrogens with zero attached hydrogens (tertiary/aromatic N) is 3. The molecule has 0 aliphatic carbocycles. The average Bonchev–Trinajstić information content (AvgIpc) is 3.17. The number of nitrogens with one attached hydrogen (secondary N) is 1. The topological polar surface area (TPSA) is 69.2 Å². The van der Waals surface area contributed by atoms with Gasteiger partial charge in [-0.3, -0.25) is 0 Å². The molecule has 1 aromatic carbocycles. The Morgan fingerprint density at radius 1 is 1.26 bits per heavy atom. The van der Waals surface area contributed by atoms with E-state index in [4.69, 9.17) is 32.7 Å². The molecule has 1 fully saturated rings. The zero-order valence-corrected chi connectivity index (χ0v) is 15.6. The van der Waals surface area contributed by atoms with E-state index in [9.17, 15) is 4.39 Å². The first-order chi connectivity index (χ1) is 13.1. The molecule has 2 aromatic heterocycles. The highest BCUT2D eigenvalue weighted by Crippen LogP contribution is 2.33. The van der Waals surface area contributed by atoms with Gasteiger partial charge >= 0.3 is 0 Å². The molecular formula is C18H15Cl2FN4O2. The summed E-state index contributed by atoms with van der Waals surface area (Å²) in [6.07, 6.45) is 2.29. The van der Waals surface area contributed by atoms with E-state index >= 15 is 0 Å². The van der Waals surface area contributed by atoms with Gasteiger partial charge in [0.2, 0.25) is 0 Å². The van der Waals surface area contributed by atoms with Crippen LogP contribution in [-0.4, -0.2) is 34.8 Å². The maximum absolute atomic E-state index is 14.6. The van der Waals surface area contributed by atoms with Gasteiger partial charge in [0.05, 0.1) is 29.4 Å². The van der Waals surface area contributed by atoms with Crippen LogP contribution in [0.5, 0.6) is 5.75 Å². The van der Waals surface area contributed by atoms with E-state index in [0.717, 1.165) is 13.0 Å². The molecule has 3 aromatic rings. The van der Waals surface area contributed by atoms with Gasteiger partial charge in [-0.05, 0) is 24.6 Å². The maximum atomic E-state index is 14.6. The van der Waals surface area contributed by atoms with Gasteiger partial charge in [-0.1, -0.05) is 23.2 Å². The van der Waals surface area contributed by atoms with Crippen LogP contribution in [0.4, 0.5) is 15.9 Å². The Morgan fingerprint density at radius 2 is 2.15 bits per heavy atom. The van der Waals surface area contributed by atoms with Crippen molar-refractivity contribution < 1.29 is 13.9 Å². The average molecular weight is 409 g/mol. The summed E-state index contributed by atoms with van der Waals surface area (Å²) in [6, 6.07) is 6.05. The molecule has 9 heteroatoms. The number of rotatable bonds is 5. The van der Waals surface area contributed by atoms with Gasteiger partial charge in [-0.25, -0.2) is 19.3 Å². The highest BCUT2D eigenvalue weighted by Gasteiger charge is 2.18. The van der Waals surface area contributed by atoms with Crippen LogP contribution < -0.4 is 10.1 Å². The predicted molar refractivity (Wildman–Crippen MR) is 101 cm³/mol. The lowest BCUT2D eigenvalue weighted by atomic mass is 10.1. The van der Waals surface area contributed by atoms with Gasteiger partial charge in [-0.15, -0.1) is 0 Å². The lowest BCUT2D eigenvalue weighted by Gasteiger charge is -2.14. The summed E-state index contributed by atoms with van der Waals surface area (Å²) in [5.74, 6) is 0.394. The Morgan fingerprint density at radius 3 is 2.96 bits per heavy atom. The molecule has 0 amide bonds. The minimum Gasteiger partial charge on any atom is -0.492 e. The summed E-state index contributed by atoms with van der Waals surface area (Å²) < 4.78 is 25.5. The van der Waals surface area contributed by atoms with Crippen molar-refractivity contribution in [3.63, 3.8) is 0 Å². The van der Waals surface area contributed by atoms with E-state index in [2.05, 4.69) is 20.3 Å². The van der Waals surface area contributed by atoms with E-state index in [1.165, 1.54) is 18.5 Å². The molecule has 1 aliphatic rings. The molecule has 27 heavy (non-hydrogen) atoms. The van der Waals surface area contributed by atoms with Gasteiger partial charge in [0, 0.05) is 18.6 Å². The fourth-order valence-corrected chi connectivity index (χ4v) is 3.16. The number of hydrogen-bond donors (Lipinski definition) is 1. The van der Waals surface area contributed by atoms with E-state index in [0.29, 0.717) is 51.9 Å². The molecule has 4 rings (SSSR count). The first kappa shape index (κ1) is 18.2. The van der Waals surface area contributed by atoms with Crippen LogP contribution in [0.1, 0.15) is 6.42 Å². The number of anilines is 2. The van der Waals surface area contributed by atoms with E-state index in [1.54, 1.807) is 12.1 Å². The van der Waals surface area contributed by atoms with Crippen LogP contribution in [0.25, 0.3) is 11.0 Å². The van der Waals surface area contributed by atoms with Gasteiger partial charge in [0.15, 0.2) is 5.82 Å². The van der Waals surface area contributed by atoms with E-state index in [1.807, 2.05) is 0 Å². The van der Waals surface area contributed by atoms with Gasteiger partial charge in [0.25, 0.3) is 0 Å². The minimum absolute atomic E-state index is 0.151. The van der Waals surface area contributed by atoms with Crippen LogP contribution in [0.15, 0.2) is 30.6 Å². The summed E-state index contributed by atoms with van der Waals surface area (Å²) in [6.45, 7) is 1.81. The smallest absolute Gasteiger partial charge is 0.160 e. The number of fused-ring (bicyclic) bond motifs is 1. The molecule has 0 saturated carbocycles. The van der Waals surface area contributed by atoms with Crippen LogP contribution in [0, 0.1) is 11.7 Å². The van der Waals surface area contributed by atoms with E-state index in [-0.39, 0.29) is 5.69 Å². The standard InChI is InChI=1S/C18H15Cl2FN4O2/c19-11-5-14(12(21)6-15(11)27-8-10-3-4-26-7-10)24-18-17-13(22-9-23-18)1-2-16(20)25-17/h1-2,5-6,9-10H,3-4,7-8H2,(H,22,23,24). The molecule has 0 spiro atoms. The van der Waals surface area contributed by atoms with Crippen LogP contribution in [0.3, 0.4) is 0 Å². The fourth-order valence-electron chi connectivity index (χ4n) is 2.79. The SMILES string of the molecule is Fc1cc(OCC2CCOC2)c(Cl)cc1Nc1ncnc2ccc(Cl)nc12. The number of hydrogen-bond acceptors (Lipinski definition) is 6. The first-order valence-corrected chi connectivity index (χ1v) is 9.09. The lowest BCUT2D eigenvalue weighted by Crippen LogP contribution is -2.12. The van der Waals surface area contributed by atoms with Crippen molar-refractivity contribution in [2.75, 3.05) is 25.1 Å². The summed E-state index contributed by atoms with van der Waals surface area (Å²) in [7, 11) is 0. The quantitative estimate of drug-likeness (QED) is 0.620. The lowest BCUT2D eigenvalue weighted by molar-refractivity contribution is 0.167. The fraction of sp³-hybridized carbons (Fsp3) is 0.278. The maximum Gasteiger partial charge on any atom is 0.160 e. The normalized spacial score (nSPS) is 16.6. The minimum atomic E-state index is -0.522. The molecular weight excluding hydrogens is 394 g/mol. The van der Waals surface area contributed by atoms with Crippen molar-refractivity contribution in [3.05, 3.63) is 46.6 Å².